The molecule has 0 aromatic heterocycles. The van der Waals surface area contributed by atoms with Gasteiger partial charge in [-0.15, -0.1) is 0 Å². The molecule has 6 rings (SSSR count). The number of hydrogen-bond donors (Lipinski definition) is 0. The lowest BCUT2D eigenvalue weighted by molar-refractivity contribution is -0.138. The van der Waals surface area contributed by atoms with E-state index in [1.807, 2.05) is 6.07 Å². The van der Waals surface area contributed by atoms with E-state index in [1.165, 1.54) is 60.7 Å². The second-order valence-corrected chi connectivity index (χ2v) is 16.6. The zero-order chi connectivity index (χ0) is 49.8. The standard InChI is InChI=1S/C52H40N2O14S2/c1-4-44(55)64-31-9-8-30-63-38-21-13-34(14-22-38)49(58)66-40-25-17-36(18-26-40)51(60)68-43-28-27-42(46-47(43)70-52(69-46)41(32-53)54-3)67-50(59)35-15-23-39(24-16-35)65-48(57)33-11-19-37(20-12-33)62-29-7-6-10-45(56)61-5-2/h4-5,11-28H,1-2,6-10,29-31H2. The molecule has 0 amide bonds. The Hall–Kier alpha value is -8.58. The van der Waals surface area contributed by atoms with Crippen molar-refractivity contribution in [3.8, 4) is 40.6 Å². The number of nitrogens with zero attached hydrogens (tertiary/aromatic N) is 2. The molecule has 0 radical (unpaired) electrons. The van der Waals surface area contributed by atoms with E-state index in [4.69, 9.17) is 39.7 Å². The van der Waals surface area contributed by atoms with Crippen LogP contribution in [0, 0.1) is 17.9 Å². The molecular weight excluding hydrogens is 941 g/mol. The number of hydrogen-bond acceptors (Lipinski definition) is 17. The highest BCUT2D eigenvalue weighted by Gasteiger charge is 2.30. The van der Waals surface area contributed by atoms with Crippen LogP contribution in [0.4, 0.5) is 0 Å². The number of carbonyl (C=O) groups excluding carboxylic acids is 6. The van der Waals surface area contributed by atoms with Crippen molar-refractivity contribution >= 4 is 59.3 Å². The predicted molar refractivity (Wildman–Crippen MR) is 255 cm³/mol. The number of ether oxygens (including phenoxy) is 8. The van der Waals surface area contributed by atoms with Crippen molar-refractivity contribution in [2.75, 3.05) is 19.8 Å². The first kappa shape index (κ1) is 50.8. The smallest absolute Gasteiger partial charge is 0.343 e. The summed E-state index contributed by atoms with van der Waals surface area (Å²) in [6, 6.07) is 28.7. The molecule has 5 aromatic carbocycles. The molecule has 354 valence electrons. The Morgan fingerprint density at radius 1 is 0.557 bits per heavy atom. The molecule has 18 heteroatoms. The van der Waals surface area contributed by atoms with Crippen molar-refractivity contribution in [2.45, 2.75) is 41.9 Å². The minimum atomic E-state index is -0.772. The van der Waals surface area contributed by atoms with Gasteiger partial charge < -0.3 is 37.9 Å². The van der Waals surface area contributed by atoms with Crippen LogP contribution in [0.3, 0.4) is 0 Å². The van der Waals surface area contributed by atoms with Gasteiger partial charge in [0, 0.05) is 12.5 Å². The average Bonchev–Trinajstić information content (AvgIpc) is 3.83. The minimum absolute atomic E-state index is 0.0692. The van der Waals surface area contributed by atoms with Gasteiger partial charge in [0.1, 0.15) is 34.5 Å². The lowest BCUT2D eigenvalue weighted by Crippen LogP contribution is -2.12. The Morgan fingerprint density at radius 3 is 1.36 bits per heavy atom. The van der Waals surface area contributed by atoms with E-state index in [9.17, 15) is 34.0 Å². The topological polar surface area (TPSA) is 204 Å². The number of nitriles is 1. The molecule has 0 N–H and O–H groups in total. The van der Waals surface area contributed by atoms with E-state index in [0.29, 0.717) is 60.2 Å². The van der Waals surface area contributed by atoms with Crippen molar-refractivity contribution in [1.82, 2.24) is 0 Å². The third kappa shape index (κ3) is 14.5. The summed E-state index contributed by atoms with van der Waals surface area (Å²) in [6.45, 7) is 15.2. The Kier molecular flexibility index (Phi) is 18.5. The molecule has 5 aromatic rings. The Morgan fingerprint density at radius 2 is 0.957 bits per heavy atom. The maximum Gasteiger partial charge on any atom is 0.343 e. The zero-order valence-corrected chi connectivity index (χ0v) is 38.7. The monoisotopic (exact) mass is 980 g/mol. The van der Waals surface area contributed by atoms with E-state index in [-0.39, 0.29) is 74.2 Å². The van der Waals surface area contributed by atoms with Gasteiger partial charge in [-0.25, -0.2) is 34.1 Å². The lowest BCUT2D eigenvalue weighted by atomic mass is 10.2. The first-order chi connectivity index (χ1) is 34.0. The number of fused-ring (bicyclic) bond motifs is 1. The van der Waals surface area contributed by atoms with Crippen LogP contribution in [0.15, 0.2) is 154 Å². The summed E-state index contributed by atoms with van der Waals surface area (Å²) in [6.07, 6.45) is 4.90. The van der Waals surface area contributed by atoms with Gasteiger partial charge in [-0.1, -0.05) is 36.7 Å². The van der Waals surface area contributed by atoms with Gasteiger partial charge in [0.05, 0.1) is 75.0 Å². The summed E-state index contributed by atoms with van der Waals surface area (Å²) >= 11 is 2.01. The molecule has 0 saturated heterocycles. The molecule has 70 heavy (non-hydrogen) atoms. The van der Waals surface area contributed by atoms with Gasteiger partial charge in [-0.3, -0.25) is 4.79 Å². The molecule has 0 fully saturated rings. The summed E-state index contributed by atoms with van der Waals surface area (Å²) in [7, 11) is 0. The Bertz CT molecular complexity index is 2870. The maximum atomic E-state index is 13.4. The summed E-state index contributed by atoms with van der Waals surface area (Å²) in [4.78, 5) is 78.9. The van der Waals surface area contributed by atoms with Gasteiger partial charge in [0.2, 0.25) is 0 Å². The number of unbranched alkanes of at least 4 members (excludes halogenated alkanes) is 2. The molecular formula is C52H40N2O14S2. The number of carbonyl (C=O) groups is 6. The van der Waals surface area contributed by atoms with Gasteiger partial charge >= 0.3 is 35.8 Å². The molecule has 0 unspecified atom stereocenters. The highest BCUT2D eigenvalue weighted by atomic mass is 32.2. The fourth-order valence-electron chi connectivity index (χ4n) is 5.98. The summed E-state index contributed by atoms with van der Waals surface area (Å²) in [5.74, 6) is -2.14. The van der Waals surface area contributed by atoms with Gasteiger partial charge in [-0.05, 0) is 135 Å². The number of thioether (sulfide) groups is 2. The zero-order valence-electron chi connectivity index (χ0n) is 37.0. The van der Waals surface area contributed by atoms with Crippen LogP contribution in [0.25, 0.3) is 4.85 Å². The molecule has 0 atom stereocenters. The SMILES string of the molecule is [C-]#[N+]C(C#N)=C1Sc2c(OC(=O)c3ccc(OC(=O)c4ccc(OCCCCOC(=O)C=C)cc4)cc3)ccc(OC(=O)c3ccc(OC(=O)c4ccc(OCCCCC(=O)OC=C)cc4)cc3)c2S1. The number of allylic oxidation sites excluding steroid dienone is 1. The van der Waals surface area contributed by atoms with Crippen LogP contribution in [0.2, 0.25) is 0 Å². The van der Waals surface area contributed by atoms with Crippen LogP contribution >= 0.6 is 23.5 Å². The second-order valence-electron chi connectivity index (χ2n) is 14.3. The van der Waals surface area contributed by atoms with Crippen LogP contribution in [-0.2, 0) is 19.1 Å². The maximum absolute atomic E-state index is 13.4. The Labute approximate surface area is 410 Å². The highest BCUT2D eigenvalue weighted by Crippen LogP contribution is 2.59. The molecule has 0 aliphatic carbocycles. The van der Waals surface area contributed by atoms with Crippen molar-refractivity contribution in [1.29, 1.82) is 5.26 Å². The van der Waals surface area contributed by atoms with E-state index >= 15 is 0 Å². The van der Waals surface area contributed by atoms with Crippen LogP contribution in [0.1, 0.15) is 73.5 Å². The van der Waals surface area contributed by atoms with Gasteiger partial charge in [-0.2, -0.15) is 0 Å². The first-order valence-electron chi connectivity index (χ1n) is 21.2. The van der Waals surface area contributed by atoms with Crippen molar-refractivity contribution in [2.24, 2.45) is 0 Å². The fraction of sp³-hybridized carbons (Fsp3) is 0.154. The van der Waals surface area contributed by atoms with E-state index in [1.54, 1.807) is 48.5 Å². The number of benzene rings is 5. The second kappa shape index (κ2) is 25.5. The van der Waals surface area contributed by atoms with E-state index < -0.39 is 29.8 Å². The van der Waals surface area contributed by atoms with Gasteiger partial charge in [0.25, 0.3) is 5.70 Å². The molecule has 1 aliphatic rings. The van der Waals surface area contributed by atoms with Crippen molar-refractivity contribution in [3.05, 3.63) is 178 Å². The highest BCUT2D eigenvalue weighted by molar-refractivity contribution is 8.24. The summed E-state index contributed by atoms with van der Waals surface area (Å²) in [5, 5.41) is 9.62. The van der Waals surface area contributed by atoms with E-state index in [0.717, 1.165) is 35.9 Å². The summed E-state index contributed by atoms with van der Waals surface area (Å²) in [5.41, 5.74) is 0.531. The summed E-state index contributed by atoms with van der Waals surface area (Å²) < 4.78 is 43.7. The fourth-order valence-corrected chi connectivity index (χ4v) is 8.45. The number of rotatable bonds is 22. The minimum Gasteiger partial charge on any atom is -0.494 e. The average molecular weight is 981 g/mol. The molecule has 0 saturated carbocycles. The van der Waals surface area contributed by atoms with Crippen LogP contribution < -0.4 is 28.4 Å². The van der Waals surface area contributed by atoms with Crippen molar-refractivity contribution in [3.63, 3.8) is 0 Å². The number of esters is 6. The van der Waals surface area contributed by atoms with Gasteiger partial charge in [0.15, 0.2) is 0 Å². The molecule has 0 spiro atoms. The predicted octanol–water partition coefficient (Wildman–Crippen LogP) is 10.5. The quantitative estimate of drug-likeness (QED) is 0.0120. The molecule has 1 aliphatic heterocycles. The largest absolute Gasteiger partial charge is 0.494 e. The third-order valence-corrected chi connectivity index (χ3v) is 12.1. The third-order valence-electron chi connectivity index (χ3n) is 9.50. The first-order valence-corrected chi connectivity index (χ1v) is 22.8. The molecule has 0 bridgehead atoms. The lowest BCUT2D eigenvalue weighted by Gasteiger charge is -2.12. The van der Waals surface area contributed by atoms with Crippen LogP contribution in [-0.4, -0.2) is 55.6 Å². The normalized spacial score (nSPS) is 11.8. The molecule has 16 nitrogen and oxygen atoms in total. The molecule has 1 heterocycles. The Balaban J connectivity index is 1.02. The van der Waals surface area contributed by atoms with Crippen molar-refractivity contribution < 1.29 is 66.7 Å². The van der Waals surface area contributed by atoms with Crippen LogP contribution in [0.5, 0.6) is 34.5 Å². The van der Waals surface area contributed by atoms with E-state index in [2.05, 4.69) is 22.7 Å².